The van der Waals surface area contributed by atoms with Crippen molar-refractivity contribution >= 4 is 33.1 Å². The van der Waals surface area contributed by atoms with Gasteiger partial charge in [-0.15, -0.1) is 4.99 Å². The summed E-state index contributed by atoms with van der Waals surface area (Å²) in [5.74, 6) is -0.0498. The Labute approximate surface area is 176 Å². The molecule has 1 aliphatic carbocycles. The van der Waals surface area contributed by atoms with Crippen molar-refractivity contribution in [1.82, 2.24) is 9.44 Å². The monoisotopic (exact) mass is 425 g/mol. The molecule has 0 spiro atoms. The number of rotatable bonds is 4. The summed E-state index contributed by atoms with van der Waals surface area (Å²) in [4.78, 5) is 20.0. The molecule has 30 heavy (non-hydrogen) atoms. The van der Waals surface area contributed by atoms with Gasteiger partial charge in [-0.1, -0.05) is 24.8 Å². The largest absolute Gasteiger partial charge is 0.361 e. The Morgan fingerprint density at radius 2 is 2.00 bits per heavy atom. The van der Waals surface area contributed by atoms with E-state index >= 15 is 0 Å². The van der Waals surface area contributed by atoms with E-state index in [2.05, 4.69) is 36.7 Å². The Kier molecular flexibility index (Phi) is 5.81. The van der Waals surface area contributed by atoms with Gasteiger partial charge in [0.1, 0.15) is 0 Å². The highest BCUT2D eigenvalue weighted by Gasteiger charge is 2.26. The average molecular weight is 426 g/mol. The van der Waals surface area contributed by atoms with Crippen LogP contribution in [0.3, 0.4) is 0 Å². The van der Waals surface area contributed by atoms with Crippen molar-refractivity contribution in [2.75, 3.05) is 18.4 Å². The normalized spacial score (nSPS) is 21.2. The highest BCUT2D eigenvalue weighted by Crippen LogP contribution is 2.34. The number of allylic oxidation sites excluding steroid dienone is 3. The molecule has 0 bridgehead atoms. The first kappa shape index (κ1) is 20.5. The van der Waals surface area contributed by atoms with Gasteiger partial charge in [0.25, 0.3) is 21.9 Å². The summed E-state index contributed by atoms with van der Waals surface area (Å²) in [7, 11) is -3.40. The predicted octanol–water partition coefficient (Wildman–Crippen LogP) is 2.71. The van der Waals surface area contributed by atoms with E-state index in [0.29, 0.717) is 30.9 Å². The molecule has 3 N–H and O–H groups in total. The zero-order valence-corrected chi connectivity index (χ0v) is 17.3. The van der Waals surface area contributed by atoms with Crippen LogP contribution < -0.4 is 14.8 Å². The number of hydrogen-bond donors (Lipinski definition) is 3. The van der Waals surface area contributed by atoms with Crippen molar-refractivity contribution in [2.45, 2.75) is 38.0 Å². The van der Waals surface area contributed by atoms with Crippen molar-refractivity contribution < 1.29 is 13.2 Å². The maximum absolute atomic E-state index is 12.7. The van der Waals surface area contributed by atoms with Crippen LogP contribution >= 0.6 is 0 Å². The molecule has 1 amide bonds. The number of anilines is 1. The van der Waals surface area contributed by atoms with Crippen LogP contribution in [0.15, 0.2) is 41.2 Å². The van der Waals surface area contributed by atoms with E-state index in [1.807, 2.05) is 12.1 Å². The molecule has 0 saturated carbocycles. The lowest BCUT2D eigenvalue weighted by atomic mass is 9.89. The number of carbonyl (C=O) groups excluding carboxylic acids is 1. The van der Waals surface area contributed by atoms with Gasteiger partial charge >= 0.3 is 0 Å². The third kappa shape index (κ3) is 4.51. The zero-order valence-electron chi connectivity index (χ0n) is 16.4. The fourth-order valence-electron chi connectivity index (χ4n) is 3.88. The quantitative estimate of drug-likeness (QED) is 0.646. The molecule has 1 aromatic carbocycles. The Balaban J connectivity index is 1.61. The first-order valence-corrected chi connectivity index (χ1v) is 11.5. The van der Waals surface area contributed by atoms with Gasteiger partial charge in [0.15, 0.2) is 5.71 Å². The molecule has 2 heterocycles. The summed E-state index contributed by atoms with van der Waals surface area (Å²) in [5.41, 5.74) is 4.21. The predicted molar refractivity (Wildman–Crippen MR) is 116 cm³/mol. The maximum Gasteiger partial charge on any atom is 0.293 e. The number of aliphatic imine (C=N–C) groups is 1. The minimum atomic E-state index is -3.40. The molecule has 2 aliphatic heterocycles. The van der Waals surface area contributed by atoms with Gasteiger partial charge in [-0.2, -0.15) is 8.42 Å². The number of benzene rings is 1. The lowest BCUT2D eigenvalue weighted by molar-refractivity contribution is -0.110. The molecule has 156 valence electrons. The molecule has 4 rings (SSSR count). The standard InChI is InChI=1S/C21H23N5O3S/c1-22-20-10-9-19(25-20)21(27)26-18-8-7-15(16-12-23-30(28,29)24-13-16)11-17(18)14-5-3-2-4-6-14/h5,7-8,10-11,16,23-24H,2-4,6,9,12-13H2,(H,26,27). The Bertz CT molecular complexity index is 1100. The molecular formula is C21H23N5O3S. The van der Waals surface area contributed by atoms with Crippen molar-refractivity contribution in [3.63, 3.8) is 0 Å². The van der Waals surface area contributed by atoms with Crippen molar-refractivity contribution in [3.05, 3.63) is 58.7 Å². The molecule has 0 aromatic heterocycles. The molecule has 1 fully saturated rings. The minimum absolute atomic E-state index is 0.00541. The van der Waals surface area contributed by atoms with Gasteiger partial charge in [0.2, 0.25) is 0 Å². The molecule has 0 radical (unpaired) electrons. The van der Waals surface area contributed by atoms with Gasteiger partial charge in [0, 0.05) is 36.7 Å². The average Bonchev–Trinajstić information content (AvgIpc) is 3.24. The topological polar surface area (TPSA) is 104 Å². The van der Waals surface area contributed by atoms with Crippen molar-refractivity contribution in [3.8, 4) is 0 Å². The zero-order chi connectivity index (χ0) is 21.1. The number of carbonyl (C=O) groups is 1. The maximum atomic E-state index is 12.7. The van der Waals surface area contributed by atoms with Crippen LogP contribution in [0.2, 0.25) is 0 Å². The Hall–Kier alpha value is -2.80. The second-order valence-electron chi connectivity index (χ2n) is 7.57. The van der Waals surface area contributed by atoms with Gasteiger partial charge < -0.3 is 10.2 Å². The van der Waals surface area contributed by atoms with Crippen LogP contribution in [0, 0.1) is 6.57 Å². The Morgan fingerprint density at radius 3 is 2.67 bits per heavy atom. The van der Waals surface area contributed by atoms with E-state index in [9.17, 15) is 13.2 Å². The van der Waals surface area contributed by atoms with E-state index in [0.717, 1.165) is 36.8 Å². The fourth-order valence-corrected chi connectivity index (χ4v) is 4.82. The summed E-state index contributed by atoms with van der Waals surface area (Å²) in [6, 6.07) is 5.85. The van der Waals surface area contributed by atoms with Crippen LogP contribution in [-0.2, 0) is 15.0 Å². The summed E-state index contributed by atoms with van der Waals surface area (Å²) in [5, 5.41) is 2.96. The second kappa shape index (κ2) is 8.52. The second-order valence-corrected chi connectivity index (χ2v) is 9.15. The molecular weight excluding hydrogens is 402 g/mol. The molecule has 8 nitrogen and oxygen atoms in total. The highest BCUT2D eigenvalue weighted by molar-refractivity contribution is 7.87. The third-order valence-electron chi connectivity index (χ3n) is 5.54. The summed E-state index contributed by atoms with van der Waals surface area (Å²) in [6.45, 7) is 7.70. The van der Waals surface area contributed by atoms with Gasteiger partial charge in [-0.25, -0.2) is 9.44 Å². The highest BCUT2D eigenvalue weighted by atomic mass is 32.2. The van der Waals surface area contributed by atoms with Gasteiger partial charge in [-0.05, 0) is 49.0 Å². The summed E-state index contributed by atoms with van der Waals surface area (Å²) < 4.78 is 28.2. The lowest BCUT2D eigenvalue weighted by Crippen LogP contribution is -2.47. The molecule has 1 saturated heterocycles. The van der Waals surface area contributed by atoms with Crippen molar-refractivity contribution in [2.24, 2.45) is 4.99 Å². The molecule has 1 aromatic rings. The number of amides is 1. The van der Waals surface area contributed by atoms with Crippen LogP contribution in [0.4, 0.5) is 5.69 Å². The number of nitrogens with zero attached hydrogens (tertiary/aromatic N) is 2. The lowest BCUT2D eigenvalue weighted by Gasteiger charge is -2.25. The van der Waals surface area contributed by atoms with Crippen molar-refractivity contribution in [1.29, 1.82) is 0 Å². The Morgan fingerprint density at radius 1 is 1.20 bits per heavy atom. The smallest absolute Gasteiger partial charge is 0.293 e. The SMILES string of the molecule is [C-]#[N+]C1=CCC(C(=O)Nc2ccc(C3CNS(=O)(=O)NC3)cc2C2=CCCCC2)=N1. The molecule has 3 aliphatic rings. The van der Waals surface area contributed by atoms with Gasteiger partial charge in [-0.3, -0.25) is 4.79 Å². The summed E-state index contributed by atoms with van der Waals surface area (Å²) >= 11 is 0. The fraction of sp³-hybridized carbons (Fsp3) is 0.381. The first-order valence-electron chi connectivity index (χ1n) is 9.99. The number of hydrogen-bond acceptors (Lipinski definition) is 4. The molecule has 9 heteroatoms. The third-order valence-corrected chi connectivity index (χ3v) is 6.64. The molecule has 0 atom stereocenters. The van der Waals surface area contributed by atoms with E-state index in [1.165, 1.54) is 5.57 Å². The van der Waals surface area contributed by atoms with Crippen LogP contribution in [0.25, 0.3) is 10.4 Å². The van der Waals surface area contributed by atoms with Gasteiger partial charge in [0.05, 0.1) is 0 Å². The van der Waals surface area contributed by atoms with E-state index in [4.69, 9.17) is 6.57 Å². The first-order chi connectivity index (χ1) is 14.4. The molecule has 0 unspecified atom stereocenters. The van der Waals surface area contributed by atoms with Crippen LogP contribution in [0.1, 0.15) is 49.1 Å². The van der Waals surface area contributed by atoms with E-state index in [-0.39, 0.29) is 17.6 Å². The minimum Gasteiger partial charge on any atom is -0.361 e. The van der Waals surface area contributed by atoms with E-state index in [1.54, 1.807) is 6.08 Å². The number of nitrogens with one attached hydrogen (secondary N) is 3. The van der Waals surface area contributed by atoms with Crippen LogP contribution in [0.5, 0.6) is 0 Å². The summed E-state index contributed by atoms with van der Waals surface area (Å²) in [6.07, 6.45) is 8.40. The van der Waals surface area contributed by atoms with E-state index < -0.39 is 10.2 Å². The van der Waals surface area contributed by atoms with Crippen LogP contribution in [-0.4, -0.2) is 33.1 Å².